The molecule has 3 heteroatoms. The van der Waals surface area contributed by atoms with Crippen molar-refractivity contribution in [3.05, 3.63) is 158 Å². The molecule has 0 bridgehead atoms. The summed E-state index contributed by atoms with van der Waals surface area (Å²) in [5.74, 6) is 0.904. The molecule has 2 aromatic heterocycles. The van der Waals surface area contributed by atoms with Crippen molar-refractivity contribution in [3.8, 4) is 11.1 Å². The Bertz CT molecular complexity index is 2490. The molecule has 0 aliphatic heterocycles. The fraction of sp³-hybridized carbons (Fsp3) is 0. The van der Waals surface area contributed by atoms with E-state index in [1.807, 2.05) is 0 Å². The van der Waals surface area contributed by atoms with Crippen LogP contribution in [0.15, 0.2) is 158 Å². The van der Waals surface area contributed by atoms with Gasteiger partial charge in [0.05, 0.1) is 5.69 Å². The second-order valence-corrected chi connectivity index (χ2v) is 12.2. The zero-order valence-electron chi connectivity index (χ0n) is 23.8. The number of anilines is 3. The van der Waals surface area contributed by atoms with E-state index in [1.54, 1.807) is 11.3 Å². The Kier molecular flexibility index (Phi) is 5.71. The molecule has 44 heavy (non-hydrogen) atoms. The Morgan fingerprint density at radius 1 is 0.455 bits per heavy atom. The Hall–Kier alpha value is -5.51. The van der Waals surface area contributed by atoms with Gasteiger partial charge in [-0.25, -0.2) is 4.98 Å². The smallest absolute Gasteiger partial charge is 0.139 e. The second-order valence-electron chi connectivity index (χ2n) is 11.2. The molecule has 0 saturated carbocycles. The van der Waals surface area contributed by atoms with Gasteiger partial charge in [0, 0.05) is 26.5 Å². The second kappa shape index (κ2) is 10.0. The molecule has 206 valence electrons. The van der Waals surface area contributed by atoms with Gasteiger partial charge in [-0.2, -0.15) is 0 Å². The molecule has 0 amide bonds. The van der Waals surface area contributed by atoms with E-state index in [9.17, 15) is 0 Å². The number of pyridine rings is 1. The molecule has 0 radical (unpaired) electrons. The number of hydrogen-bond acceptors (Lipinski definition) is 3. The Morgan fingerprint density at radius 3 is 1.95 bits per heavy atom. The molecule has 2 heterocycles. The third-order valence-electron chi connectivity index (χ3n) is 8.66. The zero-order chi connectivity index (χ0) is 29.0. The number of aromatic nitrogens is 1. The van der Waals surface area contributed by atoms with Crippen molar-refractivity contribution in [2.75, 3.05) is 4.90 Å². The highest BCUT2D eigenvalue weighted by Crippen LogP contribution is 2.44. The predicted octanol–water partition coefficient (Wildman–Crippen LogP) is 12.0. The molecule has 0 unspecified atom stereocenters. The van der Waals surface area contributed by atoms with Crippen LogP contribution in [0.4, 0.5) is 17.2 Å². The molecule has 0 atom stereocenters. The number of nitrogens with zero attached hydrogens (tertiary/aromatic N) is 2. The highest BCUT2D eigenvalue weighted by Gasteiger charge is 2.20. The average molecular weight is 579 g/mol. The predicted molar refractivity (Wildman–Crippen MR) is 190 cm³/mol. The monoisotopic (exact) mass is 578 g/mol. The Balaban J connectivity index is 1.32. The first-order valence-corrected chi connectivity index (χ1v) is 15.7. The summed E-state index contributed by atoms with van der Waals surface area (Å²) in [6, 6.07) is 56.7. The molecule has 0 spiro atoms. The first kappa shape index (κ1) is 25.0. The normalized spacial score (nSPS) is 11.6. The van der Waals surface area contributed by atoms with Crippen LogP contribution < -0.4 is 4.90 Å². The highest BCUT2D eigenvalue weighted by atomic mass is 32.1. The highest BCUT2D eigenvalue weighted by molar-refractivity contribution is 7.25. The minimum absolute atomic E-state index is 0.904. The van der Waals surface area contributed by atoms with Crippen LogP contribution in [0.2, 0.25) is 0 Å². The molecule has 0 N–H and O–H groups in total. The van der Waals surface area contributed by atoms with Crippen molar-refractivity contribution in [1.29, 1.82) is 0 Å². The van der Waals surface area contributed by atoms with Crippen LogP contribution in [0.25, 0.3) is 63.7 Å². The van der Waals surface area contributed by atoms with Crippen LogP contribution in [-0.4, -0.2) is 4.98 Å². The van der Waals surface area contributed by atoms with Gasteiger partial charge in [-0.05, 0) is 74.5 Å². The number of hydrogen-bond donors (Lipinski definition) is 0. The van der Waals surface area contributed by atoms with Gasteiger partial charge in [-0.15, -0.1) is 11.3 Å². The SMILES string of the molecule is c1ccc(-c2ccc(N(c3ccc4c(n3)sc3ccccc34)c3cc4ccc5ccccc5c4c4ccccc34)cc2)cc1. The van der Waals surface area contributed by atoms with E-state index in [2.05, 4.69) is 163 Å². The third-order valence-corrected chi connectivity index (χ3v) is 9.74. The molecule has 0 fully saturated rings. The Labute approximate surface area is 259 Å². The van der Waals surface area contributed by atoms with Crippen LogP contribution in [0.1, 0.15) is 0 Å². The summed E-state index contributed by atoms with van der Waals surface area (Å²) in [5.41, 5.74) is 4.59. The van der Waals surface area contributed by atoms with Crippen molar-refractivity contribution in [2.24, 2.45) is 0 Å². The fourth-order valence-corrected chi connectivity index (χ4v) is 7.66. The van der Waals surface area contributed by atoms with E-state index in [0.717, 1.165) is 22.0 Å². The lowest BCUT2D eigenvalue weighted by Gasteiger charge is -2.27. The summed E-state index contributed by atoms with van der Waals surface area (Å²) in [5, 5.41) is 9.92. The topological polar surface area (TPSA) is 16.1 Å². The number of rotatable bonds is 4. The maximum absolute atomic E-state index is 5.33. The summed E-state index contributed by atoms with van der Waals surface area (Å²) in [6.07, 6.45) is 0. The van der Waals surface area contributed by atoms with Gasteiger partial charge in [0.25, 0.3) is 0 Å². The average Bonchev–Trinajstić information content (AvgIpc) is 3.47. The minimum atomic E-state index is 0.904. The maximum Gasteiger partial charge on any atom is 0.139 e. The van der Waals surface area contributed by atoms with Gasteiger partial charge >= 0.3 is 0 Å². The summed E-state index contributed by atoms with van der Waals surface area (Å²) >= 11 is 1.75. The van der Waals surface area contributed by atoms with E-state index in [4.69, 9.17) is 4.98 Å². The standard InChI is InChI=1S/C41H26N2S/c1-2-10-27(11-3-1)28-20-22-31(23-21-28)43(39-25-24-36-34-15-8-9-17-38(34)44-41(36)42-39)37-26-30-19-18-29-12-4-5-13-32(29)40(30)35-16-7-6-14-33(35)37/h1-26H. The largest absolute Gasteiger partial charge is 0.294 e. The molecule has 9 rings (SSSR count). The van der Waals surface area contributed by atoms with Crippen molar-refractivity contribution in [1.82, 2.24) is 4.98 Å². The molecule has 0 aliphatic rings. The van der Waals surface area contributed by atoms with Crippen LogP contribution in [0.5, 0.6) is 0 Å². The van der Waals surface area contributed by atoms with Crippen molar-refractivity contribution in [3.63, 3.8) is 0 Å². The molecule has 0 aliphatic carbocycles. The lowest BCUT2D eigenvalue weighted by molar-refractivity contribution is 1.23. The van der Waals surface area contributed by atoms with Crippen molar-refractivity contribution >= 4 is 81.1 Å². The van der Waals surface area contributed by atoms with Gasteiger partial charge < -0.3 is 0 Å². The lowest BCUT2D eigenvalue weighted by atomic mass is 9.94. The van der Waals surface area contributed by atoms with Gasteiger partial charge in [0.2, 0.25) is 0 Å². The van der Waals surface area contributed by atoms with Crippen molar-refractivity contribution in [2.45, 2.75) is 0 Å². The summed E-state index contributed by atoms with van der Waals surface area (Å²) in [7, 11) is 0. The maximum atomic E-state index is 5.33. The van der Waals surface area contributed by atoms with E-state index < -0.39 is 0 Å². The van der Waals surface area contributed by atoms with Gasteiger partial charge in [0.1, 0.15) is 10.6 Å². The van der Waals surface area contributed by atoms with Gasteiger partial charge in [0.15, 0.2) is 0 Å². The van der Waals surface area contributed by atoms with E-state index in [1.165, 1.54) is 58.9 Å². The molecule has 7 aromatic carbocycles. The van der Waals surface area contributed by atoms with Crippen LogP contribution >= 0.6 is 11.3 Å². The van der Waals surface area contributed by atoms with Crippen LogP contribution in [0.3, 0.4) is 0 Å². The summed E-state index contributed by atoms with van der Waals surface area (Å²) < 4.78 is 1.26. The van der Waals surface area contributed by atoms with E-state index in [0.29, 0.717) is 0 Å². The first-order chi connectivity index (χ1) is 21.8. The fourth-order valence-electron chi connectivity index (χ4n) is 6.59. The Morgan fingerprint density at radius 2 is 1.11 bits per heavy atom. The third kappa shape index (κ3) is 3.98. The van der Waals surface area contributed by atoms with Gasteiger partial charge in [-0.1, -0.05) is 121 Å². The quantitative estimate of drug-likeness (QED) is 0.193. The molecule has 0 saturated heterocycles. The number of fused-ring (bicyclic) bond motifs is 8. The molecular weight excluding hydrogens is 553 g/mol. The lowest BCUT2D eigenvalue weighted by Crippen LogP contribution is -2.12. The summed E-state index contributed by atoms with van der Waals surface area (Å²) in [4.78, 5) is 8.70. The molecular formula is C41H26N2S. The number of benzene rings is 7. The summed E-state index contributed by atoms with van der Waals surface area (Å²) in [6.45, 7) is 0. The van der Waals surface area contributed by atoms with Crippen molar-refractivity contribution < 1.29 is 0 Å². The van der Waals surface area contributed by atoms with Gasteiger partial charge in [-0.3, -0.25) is 4.90 Å². The van der Waals surface area contributed by atoms with E-state index in [-0.39, 0.29) is 0 Å². The first-order valence-electron chi connectivity index (χ1n) is 14.9. The van der Waals surface area contributed by atoms with Crippen LogP contribution in [0, 0.1) is 0 Å². The van der Waals surface area contributed by atoms with Crippen LogP contribution in [-0.2, 0) is 0 Å². The van der Waals surface area contributed by atoms with E-state index >= 15 is 0 Å². The molecule has 9 aromatic rings. The minimum Gasteiger partial charge on any atom is -0.294 e. The number of thiophene rings is 1. The zero-order valence-corrected chi connectivity index (χ0v) is 24.6. The molecule has 2 nitrogen and oxygen atoms in total.